The standard InChI is InChI=1S/C14H20N2O4/c1-8-5-6-12(20-4)11(7-8)16-14(19)15-10(3)9(2)13(17)18/h5-7,9-10H,1-4H3,(H,17,18)(H2,15,16,19). The van der Waals surface area contributed by atoms with Crippen molar-refractivity contribution in [3.8, 4) is 5.75 Å². The average molecular weight is 280 g/mol. The van der Waals surface area contributed by atoms with Crippen molar-refractivity contribution in [1.82, 2.24) is 5.32 Å². The summed E-state index contributed by atoms with van der Waals surface area (Å²) in [6, 6.07) is 4.47. The number of hydrogen-bond donors (Lipinski definition) is 3. The minimum absolute atomic E-state index is 0.463. The lowest BCUT2D eigenvalue weighted by molar-refractivity contribution is -0.141. The van der Waals surface area contributed by atoms with E-state index in [4.69, 9.17) is 9.84 Å². The van der Waals surface area contributed by atoms with Crippen molar-refractivity contribution in [2.45, 2.75) is 26.8 Å². The van der Waals surface area contributed by atoms with Gasteiger partial charge in [-0.2, -0.15) is 0 Å². The maximum atomic E-state index is 11.9. The summed E-state index contributed by atoms with van der Waals surface area (Å²) in [6.07, 6.45) is 0. The second-order valence-electron chi connectivity index (χ2n) is 4.72. The SMILES string of the molecule is COc1ccc(C)cc1NC(=O)NC(C)C(C)C(=O)O. The molecule has 6 heteroatoms. The first-order valence-corrected chi connectivity index (χ1v) is 6.30. The summed E-state index contributed by atoms with van der Waals surface area (Å²) in [5.74, 6) is -1.07. The van der Waals surface area contributed by atoms with Crippen LogP contribution in [0.1, 0.15) is 19.4 Å². The number of anilines is 1. The Kier molecular flexibility index (Phi) is 5.37. The molecule has 1 aromatic carbocycles. The highest BCUT2D eigenvalue weighted by Crippen LogP contribution is 2.25. The Labute approximate surface area is 118 Å². The number of urea groups is 1. The Bertz CT molecular complexity index is 502. The molecule has 0 radical (unpaired) electrons. The molecule has 1 aromatic rings. The summed E-state index contributed by atoms with van der Waals surface area (Å²) in [4.78, 5) is 22.7. The Morgan fingerprint density at radius 3 is 2.50 bits per heavy atom. The van der Waals surface area contributed by atoms with E-state index >= 15 is 0 Å². The Morgan fingerprint density at radius 2 is 1.95 bits per heavy atom. The quantitative estimate of drug-likeness (QED) is 0.771. The number of amides is 2. The molecular formula is C14H20N2O4. The monoisotopic (exact) mass is 280 g/mol. The third kappa shape index (κ3) is 4.15. The van der Waals surface area contributed by atoms with Gasteiger partial charge >= 0.3 is 12.0 Å². The van der Waals surface area contributed by atoms with Crippen molar-refractivity contribution in [1.29, 1.82) is 0 Å². The molecule has 6 nitrogen and oxygen atoms in total. The number of carbonyl (C=O) groups is 2. The van der Waals surface area contributed by atoms with E-state index in [2.05, 4.69) is 10.6 Å². The highest BCUT2D eigenvalue weighted by molar-refractivity contribution is 5.91. The van der Waals surface area contributed by atoms with Crippen molar-refractivity contribution >= 4 is 17.7 Å². The molecule has 3 N–H and O–H groups in total. The van der Waals surface area contributed by atoms with Crippen LogP contribution in [0.25, 0.3) is 0 Å². The van der Waals surface area contributed by atoms with E-state index in [9.17, 15) is 9.59 Å². The highest BCUT2D eigenvalue weighted by Gasteiger charge is 2.21. The molecule has 2 amide bonds. The second-order valence-corrected chi connectivity index (χ2v) is 4.72. The number of carboxylic acids is 1. The van der Waals surface area contributed by atoms with Crippen LogP contribution in [0.4, 0.5) is 10.5 Å². The summed E-state index contributed by atoms with van der Waals surface area (Å²) in [6.45, 7) is 5.09. The van der Waals surface area contributed by atoms with Gasteiger partial charge in [0.15, 0.2) is 0 Å². The summed E-state index contributed by atoms with van der Waals surface area (Å²) < 4.78 is 5.16. The smallest absolute Gasteiger partial charge is 0.319 e. The zero-order valence-electron chi connectivity index (χ0n) is 12.1. The van der Waals surface area contributed by atoms with Gasteiger partial charge in [0.25, 0.3) is 0 Å². The topological polar surface area (TPSA) is 87.7 Å². The maximum absolute atomic E-state index is 11.9. The number of carbonyl (C=O) groups excluding carboxylic acids is 1. The molecule has 0 saturated heterocycles. The van der Waals surface area contributed by atoms with Gasteiger partial charge in [0.2, 0.25) is 0 Å². The number of rotatable bonds is 5. The number of hydrogen-bond acceptors (Lipinski definition) is 3. The lowest BCUT2D eigenvalue weighted by Crippen LogP contribution is -2.42. The fourth-order valence-electron chi connectivity index (χ4n) is 1.62. The second kappa shape index (κ2) is 6.79. The number of benzene rings is 1. The van der Waals surface area contributed by atoms with Crippen LogP contribution in [0.15, 0.2) is 18.2 Å². The van der Waals surface area contributed by atoms with Crippen LogP contribution in [0.5, 0.6) is 5.75 Å². The Balaban J connectivity index is 2.71. The first kappa shape index (κ1) is 15.8. The van der Waals surface area contributed by atoms with Gasteiger partial charge in [-0.05, 0) is 38.5 Å². The lowest BCUT2D eigenvalue weighted by Gasteiger charge is -2.19. The third-order valence-electron chi connectivity index (χ3n) is 3.10. The zero-order valence-corrected chi connectivity index (χ0v) is 12.1. The first-order valence-electron chi connectivity index (χ1n) is 6.30. The van der Waals surface area contributed by atoms with Crippen LogP contribution in [-0.4, -0.2) is 30.3 Å². The number of nitrogens with one attached hydrogen (secondary N) is 2. The van der Waals surface area contributed by atoms with Gasteiger partial charge in [0, 0.05) is 6.04 Å². The highest BCUT2D eigenvalue weighted by atomic mass is 16.5. The van der Waals surface area contributed by atoms with Gasteiger partial charge in [0.1, 0.15) is 5.75 Å². The van der Waals surface area contributed by atoms with Crippen molar-refractivity contribution in [2.24, 2.45) is 5.92 Å². The maximum Gasteiger partial charge on any atom is 0.319 e. The molecule has 0 bridgehead atoms. The van der Waals surface area contributed by atoms with Gasteiger partial charge in [-0.15, -0.1) is 0 Å². The molecule has 0 aromatic heterocycles. The summed E-state index contributed by atoms with van der Waals surface area (Å²) >= 11 is 0. The van der Waals surface area contributed by atoms with Crippen molar-refractivity contribution in [3.63, 3.8) is 0 Å². The number of ether oxygens (including phenoxy) is 1. The third-order valence-corrected chi connectivity index (χ3v) is 3.10. The average Bonchev–Trinajstić information content (AvgIpc) is 2.37. The van der Waals surface area contributed by atoms with E-state index in [0.29, 0.717) is 11.4 Å². The summed E-state index contributed by atoms with van der Waals surface area (Å²) in [5, 5.41) is 14.1. The molecule has 2 unspecified atom stereocenters. The molecule has 0 heterocycles. The molecule has 1 rings (SSSR count). The molecule has 0 aliphatic carbocycles. The van der Waals surface area contributed by atoms with Crippen molar-refractivity contribution < 1.29 is 19.4 Å². The molecular weight excluding hydrogens is 260 g/mol. The number of methoxy groups -OCH3 is 1. The predicted octanol–water partition coefficient (Wildman–Crippen LogP) is 2.23. The van der Waals surface area contributed by atoms with E-state index in [-0.39, 0.29) is 0 Å². The molecule has 110 valence electrons. The van der Waals surface area contributed by atoms with E-state index < -0.39 is 24.0 Å². The molecule has 0 saturated carbocycles. The van der Waals surface area contributed by atoms with Crippen molar-refractivity contribution in [2.75, 3.05) is 12.4 Å². The molecule has 0 spiro atoms. The van der Waals surface area contributed by atoms with E-state index in [1.807, 2.05) is 13.0 Å². The lowest BCUT2D eigenvalue weighted by atomic mass is 10.0. The fraction of sp³-hybridized carbons (Fsp3) is 0.429. The normalized spacial score (nSPS) is 13.2. The number of aryl methyl sites for hydroxylation is 1. The Morgan fingerprint density at radius 1 is 1.30 bits per heavy atom. The molecule has 0 fully saturated rings. The van der Waals surface area contributed by atoms with Gasteiger partial charge in [-0.1, -0.05) is 6.07 Å². The summed E-state index contributed by atoms with van der Waals surface area (Å²) in [5.41, 5.74) is 1.52. The largest absolute Gasteiger partial charge is 0.495 e. The molecule has 0 aliphatic rings. The Hall–Kier alpha value is -2.24. The molecule has 20 heavy (non-hydrogen) atoms. The minimum atomic E-state index is -0.953. The van der Waals surface area contributed by atoms with Crippen LogP contribution < -0.4 is 15.4 Å². The van der Waals surface area contributed by atoms with E-state index in [1.165, 1.54) is 7.11 Å². The summed E-state index contributed by atoms with van der Waals surface area (Å²) in [7, 11) is 1.52. The van der Waals surface area contributed by atoms with Crippen LogP contribution >= 0.6 is 0 Å². The van der Waals surface area contributed by atoms with Gasteiger partial charge in [-0.25, -0.2) is 4.79 Å². The van der Waals surface area contributed by atoms with Crippen LogP contribution in [0.2, 0.25) is 0 Å². The van der Waals surface area contributed by atoms with Crippen LogP contribution in [-0.2, 0) is 4.79 Å². The van der Waals surface area contributed by atoms with Crippen LogP contribution in [0, 0.1) is 12.8 Å². The van der Waals surface area contributed by atoms with Gasteiger partial charge in [-0.3, -0.25) is 4.79 Å². The van der Waals surface area contributed by atoms with E-state index in [1.54, 1.807) is 26.0 Å². The fourth-order valence-corrected chi connectivity index (χ4v) is 1.62. The first-order chi connectivity index (χ1) is 9.35. The van der Waals surface area contributed by atoms with E-state index in [0.717, 1.165) is 5.56 Å². The van der Waals surface area contributed by atoms with Crippen molar-refractivity contribution in [3.05, 3.63) is 23.8 Å². The van der Waals surface area contributed by atoms with Gasteiger partial charge in [0.05, 0.1) is 18.7 Å². The zero-order chi connectivity index (χ0) is 15.3. The van der Waals surface area contributed by atoms with Gasteiger partial charge < -0.3 is 20.5 Å². The van der Waals surface area contributed by atoms with Crippen LogP contribution in [0.3, 0.4) is 0 Å². The number of carboxylic acid groups (broad SMARTS) is 1. The number of aliphatic carboxylic acids is 1. The molecule has 2 atom stereocenters. The minimum Gasteiger partial charge on any atom is -0.495 e. The predicted molar refractivity (Wildman–Crippen MR) is 76.1 cm³/mol. The molecule has 0 aliphatic heterocycles.